The maximum atomic E-state index is 10.7. The lowest BCUT2D eigenvalue weighted by Crippen LogP contribution is -2.19. The van der Waals surface area contributed by atoms with Gasteiger partial charge in [0.2, 0.25) is 0 Å². The van der Waals surface area contributed by atoms with Crippen LogP contribution in [0.15, 0.2) is 29.3 Å². The number of fused-ring (bicyclic) bond motifs is 1. The highest BCUT2D eigenvalue weighted by atomic mass is 16.6. The van der Waals surface area contributed by atoms with Gasteiger partial charge in [-0.15, -0.1) is 0 Å². The summed E-state index contributed by atoms with van der Waals surface area (Å²) in [6.45, 7) is 2.50. The summed E-state index contributed by atoms with van der Waals surface area (Å²) in [5.74, 6) is -0.152. The van der Waals surface area contributed by atoms with Gasteiger partial charge in [0.15, 0.2) is 0 Å². The van der Waals surface area contributed by atoms with Gasteiger partial charge in [-0.3, -0.25) is 4.79 Å². The van der Waals surface area contributed by atoms with E-state index in [4.69, 9.17) is 15.0 Å². The average Bonchev–Trinajstić information content (AvgIpc) is 2.98. The standard InChI is InChI=1S/C8H5NO.C4H9N.CH2O3/c10-8-5-6-3-1-2-4-7(6)9-8;1-2-4-5-3-1;2-1(3)4/h1-5H;5H,1-4H2;(H2,2,3,4). The van der Waals surface area contributed by atoms with Gasteiger partial charge < -0.3 is 15.5 Å². The molecule has 3 rings (SSSR count). The van der Waals surface area contributed by atoms with Crippen LogP contribution in [-0.4, -0.2) is 35.4 Å². The van der Waals surface area contributed by atoms with E-state index >= 15 is 0 Å². The molecule has 0 bridgehead atoms. The number of para-hydroxylation sites is 1. The molecule has 19 heavy (non-hydrogen) atoms. The number of rotatable bonds is 0. The summed E-state index contributed by atoms with van der Waals surface area (Å²) in [7, 11) is 0. The molecule has 0 aromatic heterocycles. The Hall–Kier alpha value is -2.21. The molecule has 0 unspecified atom stereocenters. The molecular formula is C13H16N2O4. The summed E-state index contributed by atoms with van der Waals surface area (Å²) in [4.78, 5) is 23.0. The molecule has 0 radical (unpaired) electrons. The molecular weight excluding hydrogens is 248 g/mol. The summed E-state index contributed by atoms with van der Waals surface area (Å²) in [5.41, 5.74) is 0. The van der Waals surface area contributed by atoms with Crippen molar-refractivity contribution in [1.82, 2.24) is 5.32 Å². The Morgan fingerprint density at radius 1 is 1.16 bits per heavy atom. The Balaban J connectivity index is 0.000000169. The quantitative estimate of drug-likeness (QED) is 0.622. The van der Waals surface area contributed by atoms with Gasteiger partial charge in [0, 0.05) is 11.3 Å². The smallest absolute Gasteiger partial charge is 0.450 e. The van der Waals surface area contributed by atoms with E-state index in [0.29, 0.717) is 0 Å². The van der Waals surface area contributed by atoms with Gasteiger partial charge in [-0.05, 0) is 32.0 Å². The maximum absolute atomic E-state index is 10.7. The zero-order chi connectivity index (χ0) is 14.1. The molecule has 0 atom stereocenters. The Bertz CT molecular complexity index is 501. The van der Waals surface area contributed by atoms with Gasteiger partial charge in [0.1, 0.15) is 0 Å². The molecule has 3 N–H and O–H groups in total. The van der Waals surface area contributed by atoms with Crippen molar-refractivity contribution in [3.63, 3.8) is 0 Å². The second-order valence-corrected chi connectivity index (χ2v) is 3.89. The van der Waals surface area contributed by atoms with Crippen LogP contribution in [0, 0.1) is 0 Å². The molecule has 1 amide bonds. The molecule has 102 valence electrons. The number of hydrogen-bond donors (Lipinski definition) is 3. The minimum absolute atomic E-state index is 0.152. The van der Waals surface area contributed by atoms with E-state index in [1.165, 1.54) is 32.0 Å². The molecule has 1 saturated heterocycles. The minimum atomic E-state index is -1.83. The van der Waals surface area contributed by atoms with Crippen LogP contribution >= 0.6 is 0 Å². The number of nitrogens with one attached hydrogen (secondary N) is 1. The highest BCUT2D eigenvalue weighted by molar-refractivity contribution is 6.06. The van der Waals surface area contributed by atoms with Crippen molar-refractivity contribution in [2.75, 3.05) is 13.1 Å². The number of amides is 1. The Labute approximate surface area is 110 Å². The van der Waals surface area contributed by atoms with Crippen LogP contribution in [-0.2, 0) is 4.79 Å². The number of hydrogen-bond acceptors (Lipinski definition) is 3. The molecule has 6 nitrogen and oxygen atoms in total. The van der Waals surface area contributed by atoms with E-state index in [2.05, 4.69) is 10.3 Å². The summed E-state index contributed by atoms with van der Waals surface area (Å²) < 4.78 is 0. The van der Waals surface area contributed by atoms with Crippen LogP contribution < -0.4 is 15.9 Å². The fraction of sp³-hybridized carbons (Fsp3) is 0.308. The fourth-order valence-electron chi connectivity index (χ4n) is 1.62. The molecule has 0 aliphatic carbocycles. The number of benzene rings is 1. The Kier molecular flexibility index (Phi) is 6.25. The summed E-state index contributed by atoms with van der Waals surface area (Å²) in [6.07, 6.45) is 2.48. The van der Waals surface area contributed by atoms with Gasteiger partial charge in [-0.1, -0.05) is 18.2 Å². The largest absolute Gasteiger partial charge is 0.503 e. The lowest BCUT2D eigenvalue weighted by atomic mass is 10.3. The van der Waals surface area contributed by atoms with Crippen LogP contribution in [0.5, 0.6) is 0 Å². The minimum Gasteiger partial charge on any atom is -0.450 e. The maximum Gasteiger partial charge on any atom is 0.503 e. The number of nitrogens with zero attached hydrogens (tertiary/aromatic N) is 1. The van der Waals surface area contributed by atoms with Crippen molar-refractivity contribution < 1.29 is 19.8 Å². The highest BCUT2D eigenvalue weighted by Gasteiger charge is 1.99. The normalized spacial score (nSPS) is 14.8. The molecule has 0 saturated carbocycles. The molecule has 0 spiro atoms. The molecule has 1 fully saturated rings. The Morgan fingerprint density at radius 2 is 1.74 bits per heavy atom. The van der Waals surface area contributed by atoms with Crippen molar-refractivity contribution in [2.24, 2.45) is 4.99 Å². The third-order valence-corrected chi connectivity index (χ3v) is 2.40. The third-order valence-electron chi connectivity index (χ3n) is 2.40. The summed E-state index contributed by atoms with van der Waals surface area (Å²) >= 11 is 0. The van der Waals surface area contributed by atoms with E-state index in [9.17, 15) is 4.79 Å². The first kappa shape index (κ1) is 14.8. The fourth-order valence-corrected chi connectivity index (χ4v) is 1.62. The van der Waals surface area contributed by atoms with Gasteiger partial charge in [-0.2, -0.15) is 0 Å². The predicted octanol–water partition coefficient (Wildman–Crippen LogP) is 0.219. The van der Waals surface area contributed by atoms with E-state index < -0.39 is 6.16 Å². The topological polar surface area (TPSA) is 99.0 Å². The van der Waals surface area contributed by atoms with Crippen LogP contribution in [0.3, 0.4) is 0 Å². The lowest BCUT2D eigenvalue weighted by Gasteiger charge is -1.77. The second kappa shape index (κ2) is 7.99. The van der Waals surface area contributed by atoms with Gasteiger partial charge >= 0.3 is 6.16 Å². The van der Waals surface area contributed by atoms with Gasteiger partial charge in [0.05, 0.1) is 5.36 Å². The van der Waals surface area contributed by atoms with Crippen LogP contribution in [0.25, 0.3) is 6.08 Å². The molecule has 6 heteroatoms. The van der Waals surface area contributed by atoms with Gasteiger partial charge in [0.25, 0.3) is 5.91 Å². The average molecular weight is 264 g/mol. The van der Waals surface area contributed by atoms with Crippen LogP contribution in [0.1, 0.15) is 12.8 Å². The first-order chi connectivity index (χ1) is 9.09. The third kappa shape index (κ3) is 6.32. The molecule has 2 aliphatic rings. The first-order valence-corrected chi connectivity index (χ1v) is 5.91. The number of carbonyl (C=O) groups excluding carboxylic acids is 1. The molecule has 1 aromatic carbocycles. The van der Waals surface area contributed by atoms with E-state index in [1.807, 2.05) is 24.3 Å². The second-order valence-electron chi connectivity index (χ2n) is 3.89. The predicted molar refractivity (Wildman–Crippen MR) is 69.5 cm³/mol. The van der Waals surface area contributed by atoms with Crippen molar-refractivity contribution >= 4 is 18.1 Å². The van der Waals surface area contributed by atoms with Crippen molar-refractivity contribution in [3.05, 3.63) is 34.8 Å². The lowest BCUT2D eigenvalue weighted by molar-refractivity contribution is -0.112. The highest BCUT2D eigenvalue weighted by Crippen LogP contribution is 1.90. The van der Waals surface area contributed by atoms with E-state index in [0.717, 1.165) is 10.6 Å². The monoisotopic (exact) mass is 264 g/mol. The van der Waals surface area contributed by atoms with Gasteiger partial charge in [-0.25, -0.2) is 9.79 Å². The number of carbonyl (C=O) groups is 2. The molecule has 2 aliphatic heterocycles. The molecule has 2 heterocycles. The van der Waals surface area contributed by atoms with Crippen LogP contribution in [0.2, 0.25) is 0 Å². The zero-order valence-corrected chi connectivity index (χ0v) is 10.4. The van der Waals surface area contributed by atoms with E-state index in [-0.39, 0.29) is 5.91 Å². The SMILES string of the molecule is C1CCNC1.O=C(O)O.O=C1C=c2ccccc2=N1. The zero-order valence-electron chi connectivity index (χ0n) is 10.4. The van der Waals surface area contributed by atoms with E-state index in [1.54, 1.807) is 0 Å². The van der Waals surface area contributed by atoms with Crippen molar-refractivity contribution in [2.45, 2.75) is 12.8 Å². The van der Waals surface area contributed by atoms with Crippen molar-refractivity contribution in [3.8, 4) is 0 Å². The molecule has 1 aromatic rings. The summed E-state index contributed by atoms with van der Waals surface area (Å²) in [5, 5.41) is 18.9. The Morgan fingerprint density at radius 3 is 2.21 bits per heavy atom. The first-order valence-electron chi connectivity index (χ1n) is 5.91. The summed E-state index contributed by atoms with van der Waals surface area (Å²) in [6, 6.07) is 7.47. The van der Waals surface area contributed by atoms with Crippen LogP contribution in [0.4, 0.5) is 4.79 Å². The number of carboxylic acid groups (broad SMARTS) is 2. The van der Waals surface area contributed by atoms with Crippen molar-refractivity contribution in [1.29, 1.82) is 0 Å².